The Bertz CT molecular complexity index is 1240. The molecule has 1 saturated heterocycles. The molecule has 1 unspecified atom stereocenters. The molecule has 1 fully saturated rings. The van der Waals surface area contributed by atoms with Crippen LogP contribution < -0.4 is 0 Å². The van der Waals surface area contributed by atoms with Gasteiger partial charge in [0.05, 0.1) is 11.1 Å². The van der Waals surface area contributed by atoms with E-state index < -0.39 is 0 Å². The van der Waals surface area contributed by atoms with Crippen LogP contribution in [0.3, 0.4) is 0 Å². The maximum Gasteiger partial charge on any atom is 0.265 e. The third kappa shape index (κ3) is 4.01. The number of rotatable bonds is 5. The van der Waals surface area contributed by atoms with Gasteiger partial charge in [0, 0.05) is 30.8 Å². The number of imide groups is 1. The summed E-state index contributed by atoms with van der Waals surface area (Å²) in [5.41, 5.74) is 3.43. The van der Waals surface area contributed by atoms with Crippen LogP contribution in [0.4, 0.5) is 0 Å². The zero-order valence-electron chi connectivity index (χ0n) is 17.9. The quantitative estimate of drug-likeness (QED) is 0.438. The average molecular weight is 434 g/mol. The number of amides is 3. The van der Waals surface area contributed by atoms with Crippen LogP contribution in [-0.4, -0.2) is 34.1 Å². The van der Waals surface area contributed by atoms with Gasteiger partial charge in [0.2, 0.25) is 0 Å². The summed E-state index contributed by atoms with van der Waals surface area (Å²) in [7, 11) is 0. The second kappa shape index (κ2) is 8.71. The first kappa shape index (κ1) is 20.6. The van der Waals surface area contributed by atoms with E-state index in [2.05, 4.69) is 0 Å². The predicted molar refractivity (Wildman–Crippen MR) is 126 cm³/mol. The Morgan fingerprint density at radius 1 is 0.727 bits per heavy atom. The highest BCUT2D eigenvalue weighted by molar-refractivity contribution is 6.22. The van der Waals surface area contributed by atoms with E-state index in [1.165, 1.54) is 6.20 Å². The first-order valence-electron chi connectivity index (χ1n) is 10.9. The van der Waals surface area contributed by atoms with E-state index in [4.69, 9.17) is 0 Å². The van der Waals surface area contributed by atoms with E-state index in [0.29, 0.717) is 29.8 Å². The van der Waals surface area contributed by atoms with Crippen molar-refractivity contribution in [3.8, 4) is 0 Å². The number of hydrogen-bond donors (Lipinski definition) is 0. The van der Waals surface area contributed by atoms with Gasteiger partial charge in [0.15, 0.2) is 0 Å². The molecule has 3 aromatic carbocycles. The lowest BCUT2D eigenvalue weighted by Gasteiger charge is -2.15. The molecule has 0 N–H and O–H groups in total. The Kier molecular flexibility index (Phi) is 5.45. The molecule has 2 aliphatic heterocycles. The zero-order valence-corrected chi connectivity index (χ0v) is 17.9. The highest BCUT2D eigenvalue weighted by atomic mass is 16.2. The van der Waals surface area contributed by atoms with E-state index in [0.717, 1.165) is 16.0 Å². The van der Waals surface area contributed by atoms with E-state index in [1.54, 1.807) is 30.3 Å². The SMILES string of the molecule is O=C1/C(=C\c2ccccc2)C(/C=C/N2C(=O)c3ccccc3C2=O)CN1Cc1ccccc1. The number of likely N-dealkylation sites (tertiary alicyclic amines) is 1. The molecule has 0 aromatic heterocycles. The van der Waals surface area contributed by atoms with E-state index in [1.807, 2.05) is 71.6 Å². The van der Waals surface area contributed by atoms with Crippen molar-refractivity contribution in [1.29, 1.82) is 0 Å². The van der Waals surface area contributed by atoms with E-state index in [-0.39, 0.29) is 23.6 Å². The van der Waals surface area contributed by atoms with Crippen LogP contribution in [0.5, 0.6) is 0 Å². The second-order valence-corrected chi connectivity index (χ2v) is 8.16. The lowest BCUT2D eigenvalue weighted by atomic mass is 9.99. The molecule has 0 saturated carbocycles. The summed E-state index contributed by atoms with van der Waals surface area (Å²) in [4.78, 5) is 41.7. The number of carbonyl (C=O) groups is 3. The van der Waals surface area contributed by atoms with Crippen molar-refractivity contribution in [3.63, 3.8) is 0 Å². The van der Waals surface area contributed by atoms with Gasteiger partial charge < -0.3 is 4.90 Å². The Balaban J connectivity index is 1.44. The Morgan fingerprint density at radius 2 is 1.30 bits per heavy atom. The molecule has 0 aliphatic carbocycles. The lowest BCUT2D eigenvalue weighted by Crippen LogP contribution is -2.25. The van der Waals surface area contributed by atoms with Crippen molar-refractivity contribution < 1.29 is 14.4 Å². The molecule has 2 aliphatic rings. The molecule has 2 heterocycles. The van der Waals surface area contributed by atoms with Gasteiger partial charge in [-0.15, -0.1) is 0 Å². The summed E-state index contributed by atoms with van der Waals surface area (Å²) in [6.45, 7) is 0.981. The van der Waals surface area contributed by atoms with Crippen molar-refractivity contribution in [2.75, 3.05) is 6.54 Å². The summed E-state index contributed by atoms with van der Waals surface area (Å²) in [6.07, 6.45) is 5.21. The number of fused-ring (bicyclic) bond motifs is 1. The minimum atomic E-state index is -0.342. The van der Waals surface area contributed by atoms with Gasteiger partial charge in [0.25, 0.3) is 17.7 Å². The standard InChI is InChI=1S/C28H22N2O3/c31-26-25(17-20-9-3-1-4-10-20)22(19-29(26)18-21-11-5-2-6-12-21)15-16-30-27(32)23-13-7-8-14-24(23)28(30)33/h1-17,22H,18-19H2/b16-15+,25-17-. The number of nitrogens with zero attached hydrogens (tertiary/aromatic N) is 2. The molecule has 0 spiro atoms. The largest absolute Gasteiger partial charge is 0.334 e. The van der Waals surface area contributed by atoms with Gasteiger partial charge in [-0.3, -0.25) is 14.4 Å². The van der Waals surface area contributed by atoms with Crippen LogP contribution in [0.25, 0.3) is 6.08 Å². The molecule has 5 heteroatoms. The van der Waals surface area contributed by atoms with Crippen molar-refractivity contribution in [3.05, 3.63) is 125 Å². The Hall–Kier alpha value is -4.25. The normalized spacial score (nSPS) is 19.2. The maximum atomic E-state index is 13.3. The number of benzene rings is 3. The Morgan fingerprint density at radius 3 is 1.94 bits per heavy atom. The highest BCUT2D eigenvalue weighted by Crippen LogP contribution is 2.30. The summed E-state index contributed by atoms with van der Waals surface area (Å²) < 4.78 is 0. The molecule has 33 heavy (non-hydrogen) atoms. The maximum absolute atomic E-state index is 13.3. The van der Waals surface area contributed by atoms with Crippen LogP contribution in [0.15, 0.2) is 103 Å². The van der Waals surface area contributed by atoms with Gasteiger partial charge in [0.1, 0.15) is 0 Å². The third-order valence-corrected chi connectivity index (χ3v) is 5.98. The summed E-state index contributed by atoms with van der Waals surface area (Å²) in [6, 6.07) is 26.3. The number of hydrogen-bond acceptors (Lipinski definition) is 3. The van der Waals surface area contributed by atoms with Gasteiger partial charge >= 0.3 is 0 Å². The molecular formula is C28H22N2O3. The molecule has 3 amide bonds. The minimum absolute atomic E-state index is 0.0419. The van der Waals surface area contributed by atoms with Crippen LogP contribution in [-0.2, 0) is 11.3 Å². The zero-order chi connectivity index (χ0) is 22.8. The fourth-order valence-electron chi connectivity index (χ4n) is 4.30. The number of carbonyl (C=O) groups excluding carboxylic acids is 3. The molecule has 0 radical (unpaired) electrons. The molecule has 3 aromatic rings. The van der Waals surface area contributed by atoms with Crippen LogP contribution in [0, 0.1) is 5.92 Å². The van der Waals surface area contributed by atoms with Crippen LogP contribution in [0.2, 0.25) is 0 Å². The topological polar surface area (TPSA) is 57.7 Å². The molecular weight excluding hydrogens is 412 g/mol. The fourth-order valence-corrected chi connectivity index (χ4v) is 4.30. The molecule has 5 rings (SSSR count). The van der Waals surface area contributed by atoms with Crippen molar-refractivity contribution >= 4 is 23.8 Å². The third-order valence-electron chi connectivity index (χ3n) is 5.98. The highest BCUT2D eigenvalue weighted by Gasteiger charge is 2.36. The first-order chi connectivity index (χ1) is 16.1. The summed E-state index contributed by atoms with van der Waals surface area (Å²) in [5.74, 6) is -0.970. The summed E-state index contributed by atoms with van der Waals surface area (Å²) in [5, 5.41) is 0. The molecule has 5 nitrogen and oxygen atoms in total. The van der Waals surface area contributed by atoms with Crippen molar-refractivity contribution in [1.82, 2.24) is 9.80 Å². The summed E-state index contributed by atoms with van der Waals surface area (Å²) >= 11 is 0. The van der Waals surface area contributed by atoms with Crippen molar-refractivity contribution in [2.24, 2.45) is 5.92 Å². The molecule has 162 valence electrons. The Labute approximate surface area is 192 Å². The lowest BCUT2D eigenvalue weighted by molar-refractivity contribution is -0.125. The monoisotopic (exact) mass is 434 g/mol. The van der Waals surface area contributed by atoms with E-state index in [9.17, 15) is 14.4 Å². The van der Waals surface area contributed by atoms with Gasteiger partial charge in [-0.1, -0.05) is 78.9 Å². The second-order valence-electron chi connectivity index (χ2n) is 8.16. The van der Waals surface area contributed by atoms with Gasteiger partial charge in [-0.25, -0.2) is 4.90 Å². The fraction of sp³-hybridized carbons (Fsp3) is 0.107. The first-order valence-corrected chi connectivity index (χ1v) is 10.9. The smallest absolute Gasteiger partial charge is 0.265 e. The molecule has 1 atom stereocenters. The minimum Gasteiger partial charge on any atom is -0.334 e. The average Bonchev–Trinajstić information content (AvgIpc) is 3.27. The van der Waals surface area contributed by atoms with Gasteiger partial charge in [-0.2, -0.15) is 0 Å². The predicted octanol–water partition coefficient (Wildman–Crippen LogP) is 4.54. The molecule has 0 bridgehead atoms. The van der Waals surface area contributed by atoms with Crippen LogP contribution in [0.1, 0.15) is 31.8 Å². The van der Waals surface area contributed by atoms with Crippen LogP contribution >= 0.6 is 0 Å². The van der Waals surface area contributed by atoms with E-state index >= 15 is 0 Å². The van der Waals surface area contributed by atoms with Crippen molar-refractivity contribution in [2.45, 2.75) is 6.54 Å². The van der Waals surface area contributed by atoms with Gasteiger partial charge in [-0.05, 0) is 29.3 Å².